The van der Waals surface area contributed by atoms with Crippen molar-refractivity contribution >= 4 is 18.1 Å². The van der Waals surface area contributed by atoms with Crippen LogP contribution in [0.1, 0.15) is 12.7 Å². The van der Waals surface area contributed by atoms with Crippen LogP contribution in [0.4, 0.5) is 5.95 Å². The molecular formula is C8H10N4O2. The van der Waals surface area contributed by atoms with Crippen LogP contribution < -0.4 is 5.32 Å². The van der Waals surface area contributed by atoms with Gasteiger partial charge in [0.2, 0.25) is 5.95 Å². The number of anilines is 1. The zero-order valence-electron chi connectivity index (χ0n) is 7.85. The Morgan fingerprint density at radius 1 is 1.71 bits per heavy atom. The normalized spacial score (nSPS) is 19.6. The van der Waals surface area contributed by atoms with Crippen LogP contribution in [0.5, 0.6) is 0 Å². The van der Waals surface area contributed by atoms with E-state index in [0.29, 0.717) is 11.8 Å². The van der Waals surface area contributed by atoms with E-state index in [1.165, 1.54) is 10.9 Å². The molecule has 1 unspecified atom stereocenters. The number of carbonyl (C=O) groups is 1. The number of carboxylic acids is 1. The standard InChI is InChI=1S/C8H10N4O2/c1-4-6(7(13)14)3-12-8(9-4)10-5(2)11-12/h3-4H,1-2H3,(H,13,14)(H,9,10,11). The first-order chi connectivity index (χ1) is 6.58. The molecule has 14 heavy (non-hydrogen) atoms. The predicted molar refractivity (Wildman–Crippen MR) is 49.8 cm³/mol. The molecule has 2 N–H and O–H groups in total. The summed E-state index contributed by atoms with van der Waals surface area (Å²) in [5.41, 5.74) is 0.280. The van der Waals surface area contributed by atoms with Crippen LogP contribution in [0, 0.1) is 6.92 Å². The van der Waals surface area contributed by atoms with Gasteiger partial charge in [0.15, 0.2) is 0 Å². The van der Waals surface area contributed by atoms with E-state index in [-0.39, 0.29) is 11.6 Å². The fourth-order valence-electron chi connectivity index (χ4n) is 1.37. The lowest BCUT2D eigenvalue weighted by atomic mass is 10.1. The minimum absolute atomic E-state index is 0.247. The van der Waals surface area contributed by atoms with Gasteiger partial charge in [-0.3, -0.25) is 0 Å². The summed E-state index contributed by atoms with van der Waals surface area (Å²) < 4.78 is 1.44. The Labute approximate surface area is 80.3 Å². The number of rotatable bonds is 1. The van der Waals surface area contributed by atoms with Crippen molar-refractivity contribution in [3.8, 4) is 0 Å². The summed E-state index contributed by atoms with van der Waals surface area (Å²) in [7, 11) is 0. The summed E-state index contributed by atoms with van der Waals surface area (Å²) in [4.78, 5) is 14.9. The van der Waals surface area contributed by atoms with Crippen LogP contribution in [0.2, 0.25) is 0 Å². The summed E-state index contributed by atoms with van der Waals surface area (Å²) in [5.74, 6) is 0.256. The van der Waals surface area contributed by atoms with E-state index in [9.17, 15) is 4.79 Å². The van der Waals surface area contributed by atoms with Gasteiger partial charge in [-0.05, 0) is 13.8 Å². The number of aryl methyl sites for hydroxylation is 1. The number of hydrogen-bond acceptors (Lipinski definition) is 4. The SMILES string of the molecule is Cc1nc2n(n1)C=C(C(=O)O)C(C)N2. The third-order valence-corrected chi connectivity index (χ3v) is 2.06. The minimum atomic E-state index is -0.941. The highest BCUT2D eigenvalue weighted by Gasteiger charge is 2.23. The maximum absolute atomic E-state index is 10.8. The molecule has 0 aromatic carbocycles. The van der Waals surface area contributed by atoms with Crippen LogP contribution in [0.15, 0.2) is 5.57 Å². The van der Waals surface area contributed by atoms with Gasteiger partial charge in [0.1, 0.15) is 5.82 Å². The van der Waals surface area contributed by atoms with Gasteiger partial charge in [0.25, 0.3) is 0 Å². The highest BCUT2D eigenvalue weighted by molar-refractivity contribution is 5.93. The molecule has 1 atom stereocenters. The lowest BCUT2D eigenvalue weighted by Crippen LogP contribution is -2.28. The van der Waals surface area contributed by atoms with Crippen molar-refractivity contribution in [2.75, 3.05) is 5.32 Å². The quantitative estimate of drug-likeness (QED) is 0.673. The summed E-state index contributed by atoms with van der Waals surface area (Å²) in [5, 5.41) is 15.8. The van der Waals surface area contributed by atoms with Gasteiger partial charge in [0.05, 0.1) is 11.6 Å². The predicted octanol–water partition coefficient (Wildman–Crippen LogP) is 0.326. The molecule has 0 amide bonds. The summed E-state index contributed by atoms with van der Waals surface area (Å²) >= 11 is 0. The molecule has 0 radical (unpaired) electrons. The molecule has 2 rings (SSSR count). The molecular weight excluding hydrogens is 184 g/mol. The number of carboxylic acid groups (broad SMARTS) is 1. The molecule has 1 aliphatic rings. The maximum atomic E-state index is 10.8. The largest absolute Gasteiger partial charge is 0.478 e. The smallest absolute Gasteiger partial charge is 0.335 e. The topological polar surface area (TPSA) is 80.0 Å². The fourth-order valence-corrected chi connectivity index (χ4v) is 1.37. The molecule has 0 bridgehead atoms. The second-order valence-electron chi connectivity index (χ2n) is 3.18. The zero-order valence-corrected chi connectivity index (χ0v) is 7.85. The van der Waals surface area contributed by atoms with Crippen molar-refractivity contribution < 1.29 is 9.90 Å². The van der Waals surface area contributed by atoms with Gasteiger partial charge < -0.3 is 10.4 Å². The molecule has 74 valence electrons. The minimum Gasteiger partial charge on any atom is -0.478 e. The molecule has 0 saturated carbocycles. The van der Waals surface area contributed by atoms with E-state index in [1.54, 1.807) is 13.8 Å². The van der Waals surface area contributed by atoms with E-state index in [2.05, 4.69) is 15.4 Å². The van der Waals surface area contributed by atoms with E-state index in [1.807, 2.05) is 0 Å². The molecule has 0 saturated heterocycles. The van der Waals surface area contributed by atoms with Crippen LogP contribution in [0.3, 0.4) is 0 Å². The Morgan fingerprint density at radius 3 is 3.07 bits per heavy atom. The van der Waals surface area contributed by atoms with Crippen LogP contribution in [-0.2, 0) is 4.79 Å². The summed E-state index contributed by atoms with van der Waals surface area (Å²) in [6.07, 6.45) is 1.48. The van der Waals surface area contributed by atoms with Gasteiger partial charge in [0, 0.05) is 6.20 Å². The first kappa shape index (κ1) is 8.74. The monoisotopic (exact) mass is 194 g/mol. The van der Waals surface area contributed by atoms with Crippen molar-refractivity contribution in [3.63, 3.8) is 0 Å². The Hall–Kier alpha value is -1.85. The molecule has 0 fully saturated rings. The highest BCUT2D eigenvalue weighted by Crippen LogP contribution is 2.18. The Bertz CT molecular complexity index is 421. The van der Waals surface area contributed by atoms with E-state index >= 15 is 0 Å². The first-order valence-corrected chi connectivity index (χ1v) is 4.22. The van der Waals surface area contributed by atoms with Crippen molar-refractivity contribution in [1.82, 2.24) is 14.8 Å². The lowest BCUT2D eigenvalue weighted by Gasteiger charge is -2.19. The average molecular weight is 194 g/mol. The van der Waals surface area contributed by atoms with Crippen LogP contribution >= 0.6 is 0 Å². The highest BCUT2D eigenvalue weighted by atomic mass is 16.4. The van der Waals surface area contributed by atoms with Crippen molar-refractivity contribution in [2.45, 2.75) is 19.9 Å². The first-order valence-electron chi connectivity index (χ1n) is 4.22. The van der Waals surface area contributed by atoms with Crippen LogP contribution in [0.25, 0.3) is 6.20 Å². The second kappa shape index (κ2) is 2.83. The van der Waals surface area contributed by atoms with Crippen molar-refractivity contribution in [3.05, 3.63) is 11.4 Å². The number of aromatic nitrogens is 3. The number of fused-ring (bicyclic) bond motifs is 1. The zero-order chi connectivity index (χ0) is 10.3. The fraction of sp³-hybridized carbons (Fsp3) is 0.375. The summed E-state index contributed by atoms with van der Waals surface area (Å²) in [6.45, 7) is 3.53. The van der Waals surface area contributed by atoms with E-state index in [4.69, 9.17) is 5.11 Å². The Kier molecular flexibility index (Phi) is 1.77. The van der Waals surface area contributed by atoms with E-state index < -0.39 is 5.97 Å². The molecule has 6 heteroatoms. The number of nitrogens with zero attached hydrogens (tertiary/aromatic N) is 3. The molecule has 0 aliphatic carbocycles. The number of hydrogen-bond donors (Lipinski definition) is 2. The van der Waals surface area contributed by atoms with Crippen LogP contribution in [-0.4, -0.2) is 31.9 Å². The van der Waals surface area contributed by atoms with Gasteiger partial charge in [-0.15, -0.1) is 0 Å². The number of aliphatic carboxylic acids is 1. The molecule has 1 aromatic rings. The van der Waals surface area contributed by atoms with Crippen molar-refractivity contribution in [2.24, 2.45) is 0 Å². The molecule has 1 aliphatic heterocycles. The van der Waals surface area contributed by atoms with Gasteiger partial charge >= 0.3 is 5.97 Å². The van der Waals surface area contributed by atoms with Gasteiger partial charge in [-0.1, -0.05) is 0 Å². The van der Waals surface area contributed by atoms with Crippen molar-refractivity contribution in [1.29, 1.82) is 0 Å². The second-order valence-corrected chi connectivity index (χ2v) is 3.18. The summed E-state index contributed by atoms with van der Waals surface area (Å²) in [6, 6.07) is -0.247. The average Bonchev–Trinajstić information content (AvgIpc) is 2.42. The molecule has 6 nitrogen and oxygen atoms in total. The molecule has 2 heterocycles. The lowest BCUT2D eigenvalue weighted by molar-refractivity contribution is -0.132. The Balaban J connectivity index is 2.48. The molecule has 0 spiro atoms. The third kappa shape index (κ3) is 1.24. The third-order valence-electron chi connectivity index (χ3n) is 2.06. The van der Waals surface area contributed by atoms with Gasteiger partial charge in [-0.2, -0.15) is 10.1 Å². The van der Waals surface area contributed by atoms with E-state index in [0.717, 1.165) is 0 Å². The maximum Gasteiger partial charge on any atom is 0.335 e. The number of nitrogens with one attached hydrogen (secondary N) is 1. The van der Waals surface area contributed by atoms with Gasteiger partial charge in [-0.25, -0.2) is 9.48 Å². The molecule has 1 aromatic heterocycles. The Morgan fingerprint density at radius 2 is 2.43 bits per heavy atom.